The molecule has 0 aromatic rings. The fourth-order valence-corrected chi connectivity index (χ4v) is 1.57. The highest BCUT2D eigenvalue weighted by molar-refractivity contribution is 5.73. The maximum atomic E-state index is 10.7. The van der Waals surface area contributed by atoms with Crippen LogP contribution in [0, 0.1) is 0 Å². The maximum absolute atomic E-state index is 10.7. The molecule has 1 aliphatic rings. The standard InChI is InChI=1S/C8H16N2O4/c1-4(12)10-5-2-9-6(3-11)8(14)7(5)13/h5-9,11,13-14H,2-3H2,1H3,(H,10,12)/t5-,6+,7?,8?/m0/s1. The summed E-state index contributed by atoms with van der Waals surface area (Å²) in [5.41, 5.74) is 0. The molecule has 6 heteroatoms. The topological polar surface area (TPSA) is 102 Å². The van der Waals surface area contributed by atoms with Crippen LogP contribution in [0.5, 0.6) is 0 Å². The van der Waals surface area contributed by atoms with E-state index in [9.17, 15) is 15.0 Å². The molecule has 1 aliphatic heterocycles. The van der Waals surface area contributed by atoms with Crippen molar-refractivity contribution in [1.29, 1.82) is 0 Å². The van der Waals surface area contributed by atoms with Gasteiger partial charge in [0.25, 0.3) is 0 Å². The fourth-order valence-electron chi connectivity index (χ4n) is 1.57. The lowest BCUT2D eigenvalue weighted by atomic mass is 9.94. The van der Waals surface area contributed by atoms with Crippen LogP contribution in [0.4, 0.5) is 0 Å². The smallest absolute Gasteiger partial charge is 0.217 e. The SMILES string of the molecule is CC(=O)N[C@H]1CN[C@H](CO)C(O)C1O. The van der Waals surface area contributed by atoms with Crippen LogP contribution in [0.2, 0.25) is 0 Å². The molecular formula is C8H16N2O4. The number of rotatable bonds is 2. The first-order valence-corrected chi connectivity index (χ1v) is 4.53. The van der Waals surface area contributed by atoms with E-state index in [4.69, 9.17) is 5.11 Å². The van der Waals surface area contributed by atoms with Gasteiger partial charge in [0.15, 0.2) is 0 Å². The van der Waals surface area contributed by atoms with Gasteiger partial charge in [0, 0.05) is 13.5 Å². The molecule has 0 saturated carbocycles. The van der Waals surface area contributed by atoms with Gasteiger partial charge in [-0.1, -0.05) is 0 Å². The van der Waals surface area contributed by atoms with E-state index < -0.39 is 24.3 Å². The highest BCUT2D eigenvalue weighted by Crippen LogP contribution is 2.10. The first kappa shape index (κ1) is 11.4. The van der Waals surface area contributed by atoms with Crippen LogP contribution in [0.25, 0.3) is 0 Å². The minimum Gasteiger partial charge on any atom is -0.395 e. The second kappa shape index (κ2) is 4.70. The van der Waals surface area contributed by atoms with Crippen LogP contribution in [0.1, 0.15) is 6.92 Å². The van der Waals surface area contributed by atoms with E-state index in [0.717, 1.165) is 0 Å². The Morgan fingerprint density at radius 2 is 2.14 bits per heavy atom. The van der Waals surface area contributed by atoms with E-state index in [-0.39, 0.29) is 12.5 Å². The van der Waals surface area contributed by atoms with Crippen LogP contribution >= 0.6 is 0 Å². The molecule has 0 aromatic heterocycles. The normalized spacial score (nSPS) is 38.0. The second-order valence-electron chi connectivity index (χ2n) is 3.49. The van der Waals surface area contributed by atoms with Crippen molar-refractivity contribution in [2.24, 2.45) is 0 Å². The summed E-state index contributed by atoms with van der Waals surface area (Å²) in [5, 5.41) is 33.2. The zero-order valence-corrected chi connectivity index (χ0v) is 7.97. The highest BCUT2D eigenvalue weighted by Gasteiger charge is 2.36. The Kier molecular flexibility index (Phi) is 3.82. The molecule has 0 aliphatic carbocycles. The number of carbonyl (C=O) groups excluding carboxylic acids is 1. The average molecular weight is 204 g/mol. The zero-order chi connectivity index (χ0) is 10.7. The van der Waals surface area contributed by atoms with Crippen molar-refractivity contribution >= 4 is 5.91 Å². The van der Waals surface area contributed by atoms with Crippen molar-refractivity contribution in [3.63, 3.8) is 0 Å². The molecule has 82 valence electrons. The Bertz CT molecular complexity index is 212. The van der Waals surface area contributed by atoms with E-state index >= 15 is 0 Å². The van der Waals surface area contributed by atoms with Crippen LogP contribution < -0.4 is 10.6 Å². The minimum absolute atomic E-state index is 0.245. The van der Waals surface area contributed by atoms with Gasteiger partial charge in [-0.25, -0.2) is 0 Å². The predicted molar refractivity (Wildman–Crippen MR) is 48.5 cm³/mol. The fraction of sp³-hybridized carbons (Fsp3) is 0.875. The lowest BCUT2D eigenvalue weighted by molar-refractivity contribution is -0.122. The third-order valence-corrected chi connectivity index (χ3v) is 2.36. The molecule has 1 heterocycles. The quantitative estimate of drug-likeness (QED) is 0.334. The molecule has 1 fully saturated rings. The molecule has 2 unspecified atom stereocenters. The first-order valence-electron chi connectivity index (χ1n) is 4.53. The summed E-state index contributed by atoms with van der Waals surface area (Å²) in [6.45, 7) is 1.44. The summed E-state index contributed by atoms with van der Waals surface area (Å²) in [4.78, 5) is 10.7. The van der Waals surface area contributed by atoms with E-state index in [1.807, 2.05) is 0 Å². The molecule has 0 spiro atoms. The molecule has 1 saturated heterocycles. The van der Waals surface area contributed by atoms with Crippen molar-refractivity contribution in [2.75, 3.05) is 13.2 Å². The number of piperidine rings is 1. The van der Waals surface area contributed by atoms with Gasteiger partial charge >= 0.3 is 0 Å². The van der Waals surface area contributed by atoms with Gasteiger partial charge in [-0.05, 0) is 0 Å². The molecule has 1 amide bonds. The van der Waals surface area contributed by atoms with Gasteiger partial charge in [-0.2, -0.15) is 0 Å². The highest BCUT2D eigenvalue weighted by atomic mass is 16.3. The second-order valence-corrected chi connectivity index (χ2v) is 3.49. The molecule has 0 bridgehead atoms. The predicted octanol–water partition coefficient (Wildman–Crippen LogP) is -2.82. The third-order valence-electron chi connectivity index (χ3n) is 2.36. The molecule has 5 N–H and O–H groups in total. The monoisotopic (exact) mass is 204 g/mol. The molecule has 14 heavy (non-hydrogen) atoms. The molecule has 6 nitrogen and oxygen atoms in total. The van der Waals surface area contributed by atoms with Crippen molar-refractivity contribution in [3.05, 3.63) is 0 Å². The van der Waals surface area contributed by atoms with Gasteiger partial charge in [-0.3, -0.25) is 4.79 Å². The molecular weight excluding hydrogens is 188 g/mol. The van der Waals surface area contributed by atoms with Gasteiger partial charge in [0.1, 0.15) is 6.10 Å². The summed E-state index contributed by atoms with van der Waals surface area (Å²) in [5.74, 6) is -0.259. The Morgan fingerprint density at radius 3 is 2.64 bits per heavy atom. The Labute approximate surface area is 81.9 Å². The third kappa shape index (κ3) is 2.42. The van der Waals surface area contributed by atoms with Crippen molar-refractivity contribution < 1.29 is 20.1 Å². The number of amides is 1. The van der Waals surface area contributed by atoms with Gasteiger partial charge < -0.3 is 26.0 Å². The summed E-state index contributed by atoms with van der Waals surface area (Å²) in [6, 6.07) is -1.04. The van der Waals surface area contributed by atoms with Crippen LogP contribution in [-0.2, 0) is 4.79 Å². The minimum atomic E-state index is -1.06. The Balaban J connectivity index is 2.54. The number of aliphatic hydroxyl groups excluding tert-OH is 3. The summed E-state index contributed by atoms with van der Waals surface area (Å²) >= 11 is 0. The zero-order valence-electron chi connectivity index (χ0n) is 7.97. The van der Waals surface area contributed by atoms with Crippen molar-refractivity contribution in [1.82, 2.24) is 10.6 Å². The first-order chi connectivity index (χ1) is 6.56. The number of aliphatic hydroxyl groups is 3. The number of carbonyl (C=O) groups is 1. The summed E-state index contributed by atoms with van der Waals surface area (Å²) < 4.78 is 0. The lowest BCUT2D eigenvalue weighted by Crippen LogP contribution is -2.65. The summed E-state index contributed by atoms with van der Waals surface area (Å²) in [6.07, 6.45) is -2.11. The largest absolute Gasteiger partial charge is 0.395 e. The number of hydrogen-bond donors (Lipinski definition) is 5. The lowest BCUT2D eigenvalue weighted by Gasteiger charge is -2.37. The van der Waals surface area contributed by atoms with Crippen molar-refractivity contribution in [2.45, 2.75) is 31.2 Å². The maximum Gasteiger partial charge on any atom is 0.217 e. The van der Waals surface area contributed by atoms with E-state index in [2.05, 4.69) is 10.6 Å². The van der Waals surface area contributed by atoms with Crippen LogP contribution in [0.3, 0.4) is 0 Å². The van der Waals surface area contributed by atoms with Crippen molar-refractivity contribution in [3.8, 4) is 0 Å². The number of hydrogen-bond acceptors (Lipinski definition) is 5. The van der Waals surface area contributed by atoms with E-state index in [0.29, 0.717) is 6.54 Å². The van der Waals surface area contributed by atoms with Crippen LogP contribution in [0.15, 0.2) is 0 Å². The average Bonchev–Trinajstić information content (AvgIpc) is 2.13. The number of nitrogens with one attached hydrogen (secondary N) is 2. The van der Waals surface area contributed by atoms with Gasteiger partial charge in [-0.15, -0.1) is 0 Å². The molecule has 0 radical (unpaired) electrons. The molecule has 4 atom stereocenters. The van der Waals surface area contributed by atoms with Crippen LogP contribution in [-0.4, -0.2) is 58.7 Å². The Morgan fingerprint density at radius 1 is 1.50 bits per heavy atom. The van der Waals surface area contributed by atoms with E-state index in [1.54, 1.807) is 0 Å². The summed E-state index contributed by atoms with van der Waals surface area (Å²) in [7, 11) is 0. The van der Waals surface area contributed by atoms with E-state index in [1.165, 1.54) is 6.92 Å². The Hall–Kier alpha value is -0.690. The molecule has 1 rings (SSSR count). The molecule has 0 aromatic carbocycles. The van der Waals surface area contributed by atoms with Gasteiger partial charge in [0.2, 0.25) is 5.91 Å². The van der Waals surface area contributed by atoms with Gasteiger partial charge in [0.05, 0.1) is 24.8 Å².